The SMILES string of the molecule is O=S(=O)([O-])c1c(S(=O)(=O)[O-])c(S(=O)(=O)[O-])c2c3nc4nc(nc5[nH]c(nc6nc(nc([nH]3)c2c1S(=O)(=O)[O-])-c1ccccc1-6)c1ccccc51)-c1ccccc1-4.[Ga+2].[Ga+2]. The van der Waals surface area contributed by atoms with Gasteiger partial charge in [-0.1, -0.05) is 72.8 Å². The van der Waals surface area contributed by atoms with Crippen molar-refractivity contribution in [2.45, 2.75) is 19.6 Å². The Labute approximate surface area is 351 Å². The van der Waals surface area contributed by atoms with Gasteiger partial charge in [0.25, 0.3) is 0 Å². The third-order valence-electron chi connectivity index (χ3n) is 8.82. The zero-order valence-corrected chi connectivity index (χ0v) is 36.4. The molecule has 2 N–H and O–H groups in total. The fraction of sp³-hybridized carbons (Fsp3) is 0. The fourth-order valence-electron chi connectivity index (χ4n) is 6.72. The van der Waals surface area contributed by atoms with Crippen LogP contribution in [0.15, 0.2) is 92.4 Å². The fourth-order valence-corrected chi connectivity index (χ4v) is 11.6. The zero-order valence-electron chi connectivity index (χ0n) is 28.3. The molecular formula is C32H14Ga2N8O12S4. The molecule has 0 saturated heterocycles. The van der Waals surface area contributed by atoms with Crippen LogP contribution in [0.4, 0.5) is 0 Å². The summed E-state index contributed by atoms with van der Waals surface area (Å²) in [5, 5.41) is -1.56. The first-order chi connectivity index (χ1) is 26.3. The molecule has 26 heteroatoms. The van der Waals surface area contributed by atoms with Gasteiger partial charge < -0.3 is 28.2 Å². The molecule has 3 aromatic heterocycles. The molecule has 0 saturated carbocycles. The number of aromatic nitrogens is 8. The zero-order chi connectivity index (χ0) is 39.7. The summed E-state index contributed by atoms with van der Waals surface area (Å²) in [5.41, 5.74) is -0.283. The van der Waals surface area contributed by atoms with Gasteiger partial charge in [-0.05, 0) is 0 Å². The van der Waals surface area contributed by atoms with Gasteiger partial charge in [0.1, 0.15) is 63.1 Å². The Bertz CT molecular complexity index is 3390. The molecule has 2 aliphatic rings. The molecule has 5 heterocycles. The smallest absolute Gasteiger partial charge is 0.744 e. The molecule has 4 aromatic carbocycles. The van der Waals surface area contributed by atoms with Crippen LogP contribution in [0.5, 0.6) is 0 Å². The van der Waals surface area contributed by atoms with E-state index >= 15 is 0 Å². The summed E-state index contributed by atoms with van der Waals surface area (Å²) in [4.78, 5) is 23.0. The molecule has 7 aromatic rings. The average molecular weight is 970 g/mol. The first kappa shape index (κ1) is 41.3. The minimum absolute atomic E-state index is 0. The van der Waals surface area contributed by atoms with Crippen molar-refractivity contribution in [2.24, 2.45) is 0 Å². The largest absolute Gasteiger partial charge is 2.00 e. The van der Waals surface area contributed by atoms with E-state index in [4.69, 9.17) is 9.97 Å². The van der Waals surface area contributed by atoms with Gasteiger partial charge in [-0.15, -0.1) is 0 Å². The van der Waals surface area contributed by atoms with Crippen molar-refractivity contribution in [2.75, 3.05) is 0 Å². The second-order valence-electron chi connectivity index (χ2n) is 12.1. The number of rotatable bonds is 4. The van der Waals surface area contributed by atoms with E-state index in [1.807, 2.05) is 0 Å². The Morgan fingerprint density at radius 1 is 0.362 bits per heavy atom. The maximum Gasteiger partial charge on any atom is 2.00 e. The quantitative estimate of drug-likeness (QED) is 0.187. The van der Waals surface area contributed by atoms with Crippen molar-refractivity contribution < 1.29 is 51.9 Å². The van der Waals surface area contributed by atoms with Crippen LogP contribution >= 0.6 is 0 Å². The number of H-pyrrole nitrogens is 2. The minimum Gasteiger partial charge on any atom is -0.744 e. The molecule has 284 valence electrons. The number of hydrogen-bond acceptors (Lipinski definition) is 18. The van der Waals surface area contributed by atoms with Crippen LogP contribution in [0.2, 0.25) is 0 Å². The molecule has 0 spiro atoms. The van der Waals surface area contributed by atoms with E-state index in [1.165, 1.54) is 12.1 Å². The Balaban J connectivity index is 0.00000256. The molecular weight excluding hydrogens is 956 g/mol. The van der Waals surface area contributed by atoms with E-state index in [1.54, 1.807) is 60.7 Å². The Morgan fingerprint density at radius 2 is 0.621 bits per heavy atom. The Hall–Kier alpha value is -4.85. The number of benzene rings is 4. The molecule has 8 bridgehead atoms. The number of fused-ring (bicyclic) bond motifs is 20. The molecule has 0 aliphatic carbocycles. The third-order valence-corrected chi connectivity index (χ3v) is 12.8. The molecule has 20 nitrogen and oxygen atoms in total. The van der Waals surface area contributed by atoms with Crippen molar-refractivity contribution in [3.05, 3.63) is 72.8 Å². The standard InChI is InChI=1S/C32H18N8O12S4.2Ga/c41-53(42,43)21-19-20(22(54(44,45)46)24(56(50,51)52)23(21)55(47,48)49)32-39-30-18-12-6-4-10-16(18)28(37-30)35-26-14-8-2-1-7-13(14)25(33-26)34-27-15-9-3-5-11-17(15)29(36-27)38-31(19)40-32;;/h1-12H,(H,41,42,43)(H,44,45,46)(H,47,48,49)(H,50,51,52)(H2,33,34,35,36,37,38,39,40);;/q;2*+2/p-4. The van der Waals surface area contributed by atoms with Crippen molar-refractivity contribution in [1.29, 1.82) is 0 Å². The number of nitrogens with zero attached hydrogens (tertiary/aromatic N) is 6. The molecule has 2 radical (unpaired) electrons. The van der Waals surface area contributed by atoms with E-state index < -0.39 is 82.1 Å². The molecule has 0 unspecified atom stereocenters. The normalized spacial score (nSPS) is 12.8. The third kappa shape index (κ3) is 6.55. The van der Waals surface area contributed by atoms with Crippen molar-refractivity contribution in [3.8, 4) is 45.6 Å². The van der Waals surface area contributed by atoms with Crippen molar-refractivity contribution in [3.63, 3.8) is 0 Å². The van der Waals surface area contributed by atoms with Crippen LogP contribution < -0.4 is 0 Å². The topological polar surface area (TPSA) is 338 Å². The molecule has 0 atom stereocenters. The number of nitrogens with one attached hydrogen (secondary N) is 2. The van der Waals surface area contributed by atoms with E-state index in [9.17, 15) is 51.9 Å². The molecule has 58 heavy (non-hydrogen) atoms. The monoisotopic (exact) mass is 968 g/mol. The van der Waals surface area contributed by atoms with E-state index in [-0.39, 0.29) is 85.3 Å². The van der Waals surface area contributed by atoms with Crippen LogP contribution in [0, 0.1) is 0 Å². The van der Waals surface area contributed by atoms with Crippen LogP contribution in [-0.4, -0.2) is 131 Å². The summed E-state index contributed by atoms with van der Waals surface area (Å²) in [5.74, 6) is -0.637. The van der Waals surface area contributed by atoms with Gasteiger partial charge in [0, 0.05) is 43.8 Å². The maximum absolute atomic E-state index is 13.0. The second kappa shape index (κ2) is 13.9. The van der Waals surface area contributed by atoms with Gasteiger partial charge in [0.15, 0.2) is 23.3 Å². The summed E-state index contributed by atoms with van der Waals surface area (Å²) < 4.78 is 154. The van der Waals surface area contributed by atoms with Gasteiger partial charge in [0.05, 0.1) is 19.6 Å². The van der Waals surface area contributed by atoms with E-state index in [0.717, 1.165) is 0 Å². The molecule has 0 amide bonds. The van der Waals surface area contributed by atoms with Gasteiger partial charge in [0.2, 0.25) is 0 Å². The molecule has 0 fully saturated rings. The van der Waals surface area contributed by atoms with Crippen LogP contribution in [0.25, 0.3) is 89.7 Å². The number of hydrogen-bond donors (Lipinski definition) is 2. The molecule has 2 aliphatic heterocycles. The van der Waals surface area contributed by atoms with Gasteiger partial charge in [-0.3, -0.25) is 0 Å². The predicted octanol–water partition coefficient (Wildman–Crippen LogP) is 1.72. The van der Waals surface area contributed by atoms with Crippen molar-refractivity contribution in [1.82, 2.24) is 39.9 Å². The first-order valence-corrected chi connectivity index (χ1v) is 21.1. The van der Waals surface area contributed by atoms with Crippen LogP contribution in [0.3, 0.4) is 0 Å². The van der Waals surface area contributed by atoms with Gasteiger partial charge >= 0.3 is 39.6 Å². The van der Waals surface area contributed by atoms with Gasteiger partial charge in [-0.2, -0.15) is 0 Å². The number of aromatic amines is 2. The maximum atomic E-state index is 13.0. The predicted molar refractivity (Wildman–Crippen MR) is 199 cm³/mol. The van der Waals surface area contributed by atoms with Gasteiger partial charge in [-0.25, -0.2) is 63.6 Å². The first-order valence-electron chi connectivity index (χ1n) is 15.5. The summed E-state index contributed by atoms with van der Waals surface area (Å²) in [6.07, 6.45) is 0. The summed E-state index contributed by atoms with van der Waals surface area (Å²) in [6, 6.07) is 19.6. The Morgan fingerprint density at radius 3 is 0.914 bits per heavy atom. The van der Waals surface area contributed by atoms with E-state index in [0.29, 0.717) is 21.9 Å². The summed E-state index contributed by atoms with van der Waals surface area (Å²) in [6.45, 7) is 0. The summed E-state index contributed by atoms with van der Waals surface area (Å²) in [7, 11) is -26.0. The van der Waals surface area contributed by atoms with Crippen LogP contribution in [-0.2, 0) is 40.5 Å². The van der Waals surface area contributed by atoms with Crippen molar-refractivity contribution >= 4 is 124 Å². The second-order valence-corrected chi connectivity index (χ2v) is 17.4. The summed E-state index contributed by atoms with van der Waals surface area (Å²) >= 11 is 0. The van der Waals surface area contributed by atoms with E-state index in [2.05, 4.69) is 29.9 Å². The van der Waals surface area contributed by atoms with Crippen LogP contribution in [0.1, 0.15) is 0 Å². The average Bonchev–Trinajstić information content (AvgIpc) is 3.84. The minimum atomic E-state index is -6.60. The molecule has 9 rings (SSSR count). The Kier molecular flexibility index (Phi) is 9.89.